The van der Waals surface area contributed by atoms with Crippen LogP contribution >= 0.6 is 27.7 Å². The Morgan fingerprint density at radius 2 is 2.33 bits per heavy atom. The molecule has 0 aromatic carbocycles. The van der Waals surface area contributed by atoms with Crippen molar-refractivity contribution in [2.75, 3.05) is 19.3 Å². The van der Waals surface area contributed by atoms with Crippen molar-refractivity contribution >= 4 is 33.6 Å². The average molecular weight is 329 g/mol. The molecule has 0 radical (unpaired) electrons. The lowest BCUT2D eigenvalue weighted by Crippen LogP contribution is -2.35. The summed E-state index contributed by atoms with van der Waals surface area (Å²) in [6.07, 6.45) is 7.31. The summed E-state index contributed by atoms with van der Waals surface area (Å²) in [5, 5.41) is 0.562. The number of carbonyl (C=O) groups excluding carboxylic acids is 1. The minimum atomic E-state index is 0.0588. The van der Waals surface area contributed by atoms with E-state index >= 15 is 0 Å². The Hall–Kier alpha value is -0.550. The van der Waals surface area contributed by atoms with E-state index in [2.05, 4.69) is 27.2 Å². The van der Waals surface area contributed by atoms with Crippen molar-refractivity contribution < 1.29 is 4.79 Å². The number of amides is 1. The summed E-state index contributed by atoms with van der Waals surface area (Å²) in [6.45, 7) is 1.70. The third-order valence-electron chi connectivity index (χ3n) is 3.20. The Bertz CT molecular complexity index is 410. The van der Waals surface area contributed by atoms with Crippen molar-refractivity contribution in [2.45, 2.75) is 24.5 Å². The largest absolute Gasteiger partial charge is 0.336 e. The molecule has 1 fully saturated rings. The number of halogens is 1. The minimum absolute atomic E-state index is 0.0588. The van der Waals surface area contributed by atoms with Crippen molar-refractivity contribution in [1.29, 1.82) is 0 Å². The van der Waals surface area contributed by atoms with Crippen LogP contribution in [0.4, 0.5) is 0 Å². The molecule has 0 unspecified atom stereocenters. The van der Waals surface area contributed by atoms with Crippen LogP contribution in [-0.2, 0) is 0 Å². The van der Waals surface area contributed by atoms with Gasteiger partial charge in [0.2, 0.25) is 0 Å². The second kappa shape index (κ2) is 6.57. The molecule has 1 aliphatic rings. The summed E-state index contributed by atoms with van der Waals surface area (Å²) in [7, 11) is 0. The lowest BCUT2D eigenvalue weighted by Gasteiger charge is -2.23. The lowest BCUT2D eigenvalue weighted by molar-refractivity contribution is 0.0757. The van der Waals surface area contributed by atoms with E-state index < -0.39 is 0 Å². The quantitative estimate of drug-likeness (QED) is 0.835. The highest BCUT2D eigenvalue weighted by Crippen LogP contribution is 2.21. The lowest BCUT2D eigenvalue weighted by atomic mass is 10.2. The minimum Gasteiger partial charge on any atom is -0.336 e. The van der Waals surface area contributed by atoms with Crippen LogP contribution in [0.5, 0.6) is 0 Å². The maximum Gasteiger partial charge on any atom is 0.272 e. The second-order valence-corrected chi connectivity index (χ2v) is 6.52. The van der Waals surface area contributed by atoms with E-state index in [4.69, 9.17) is 0 Å². The van der Waals surface area contributed by atoms with E-state index in [0.29, 0.717) is 10.9 Å². The van der Waals surface area contributed by atoms with Gasteiger partial charge in [0.15, 0.2) is 0 Å². The van der Waals surface area contributed by atoms with E-state index in [9.17, 15) is 4.79 Å². The molecule has 1 atom stereocenters. The smallest absolute Gasteiger partial charge is 0.272 e. The molecular weight excluding hydrogens is 312 g/mol. The van der Waals surface area contributed by atoms with Gasteiger partial charge >= 0.3 is 0 Å². The SMILES string of the molecule is CS[C@@H]1CCCCN(C(=O)c2ccc(Br)cn2)C1. The van der Waals surface area contributed by atoms with Gasteiger partial charge in [-0.25, -0.2) is 4.98 Å². The first-order valence-electron chi connectivity index (χ1n) is 6.14. The molecule has 2 heterocycles. The van der Waals surface area contributed by atoms with Gasteiger partial charge < -0.3 is 4.90 Å². The van der Waals surface area contributed by atoms with Crippen LogP contribution in [0.25, 0.3) is 0 Å². The number of aromatic nitrogens is 1. The molecule has 0 aliphatic carbocycles. The fraction of sp³-hybridized carbons (Fsp3) is 0.538. The van der Waals surface area contributed by atoms with Gasteiger partial charge in [-0.05, 0) is 47.2 Å². The summed E-state index contributed by atoms with van der Waals surface area (Å²) >= 11 is 5.19. The fourth-order valence-corrected chi connectivity index (χ4v) is 3.11. The summed E-state index contributed by atoms with van der Waals surface area (Å²) in [5.41, 5.74) is 0.542. The monoisotopic (exact) mass is 328 g/mol. The number of hydrogen-bond acceptors (Lipinski definition) is 3. The van der Waals surface area contributed by atoms with Crippen LogP contribution < -0.4 is 0 Å². The molecule has 18 heavy (non-hydrogen) atoms. The summed E-state index contributed by atoms with van der Waals surface area (Å²) < 4.78 is 0.900. The normalized spacial score (nSPS) is 20.6. The zero-order chi connectivity index (χ0) is 13.0. The van der Waals surface area contributed by atoms with Crippen LogP contribution in [0.2, 0.25) is 0 Å². The van der Waals surface area contributed by atoms with Crippen molar-refractivity contribution in [3.63, 3.8) is 0 Å². The Balaban J connectivity index is 2.09. The third kappa shape index (κ3) is 3.48. The first-order chi connectivity index (χ1) is 8.70. The van der Waals surface area contributed by atoms with Crippen molar-refractivity contribution in [2.24, 2.45) is 0 Å². The van der Waals surface area contributed by atoms with Crippen LogP contribution in [0.15, 0.2) is 22.8 Å². The number of carbonyl (C=O) groups is 1. The van der Waals surface area contributed by atoms with Crippen LogP contribution in [0, 0.1) is 0 Å². The number of thioether (sulfide) groups is 1. The molecule has 0 N–H and O–H groups in total. The first kappa shape index (κ1) is 13.9. The standard InChI is InChI=1S/C13H17BrN2OS/c1-18-11-4-2-3-7-16(9-11)13(17)12-6-5-10(14)8-15-12/h5-6,8,11H,2-4,7,9H2,1H3/t11-/m1/s1. The van der Waals surface area contributed by atoms with E-state index in [-0.39, 0.29) is 5.91 Å². The number of rotatable bonds is 2. The molecule has 1 aromatic rings. The highest BCUT2D eigenvalue weighted by atomic mass is 79.9. The molecule has 0 bridgehead atoms. The molecule has 0 saturated carbocycles. The molecule has 2 rings (SSSR count). The molecule has 1 aliphatic heterocycles. The van der Waals surface area contributed by atoms with E-state index in [1.54, 1.807) is 12.3 Å². The molecule has 5 heteroatoms. The van der Waals surface area contributed by atoms with Gasteiger partial charge in [-0.1, -0.05) is 6.42 Å². The van der Waals surface area contributed by atoms with Crippen LogP contribution in [0.1, 0.15) is 29.8 Å². The molecule has 1 aromatic heterocycles. The summed E-state index contributed by atoms with van der Waals surface area (Å²) in [5.74, 6) is 0.0588. The van der Waals surface area contributed by atoms with Crippen molar-refractivity contribution in [3.8, 4) is 0 Å². The maximum atomic E-state index is 12.4. The van der Waals surface area contributed by atoms with Gasteiger partial charge in [-0.15, -0.1) is 0 Å². The Labute approximate surface area is 120 Å². The Morgan fingerprint density at radius 3 is 3.00 bits per heavy atom. The second-order valence-electron chi connectivity index (χ2n) is 4.47. The average Bonchev–Trinajstić information content (AvgIpc) is 2.64. The predicted molar refractivity (Wildman–Crippen MR) is 79.0 cm³/mol. The van der Waals surface area contributed by atoms with Crippen molar-refractivity contribution in [1.82, 2.24) is 9.88 Å². The van der Waals surface area contributed by atoms with Crippen LogP contribution in [0.3, 0.4) is 0 Å². The molecule has 1 amide bonds. The number of likely N-dealkylation sites (tertiary alicyclic amines) is 1. The number of nitrogens with zero attached hydrogens (tertiary/aromatic N) is 2. The van der Waals surface area contributed by atoms with Crippen molar-refractivity contribution in [3.05, 3.63) is 28.5 Å². The summed E-state index contributed by atoms with van der Waals surface area (Å²) in [4.78, 5) is 18.5. The molecule has 3 nitrogen and oxygen atoms in total. The molecule has 0 spiro atoms. The van der Waals surface area contributed by atoms with Gasteiger partial charge in [0.1, 0.15) is 5.69 Å². The van der Waals surface area contributed by atoms with Gasteiger partial charge in [0, 0.05) is 29.0 Å². The highest BCUT2D eigenvalue weighted by molar-refractivity contribution is 9.10. The van der Waals surface area contributed by atoms with Crippen LogP contribution in [-0.4, -0.2) is 40.4 Å². The van der Waals surface area contributed by atoms with Gasteiger partial charge in [-0.2, -0.15) is 11.8 Å². The maximum absolute atomic E-state index is 12.4. The van der Waals surface area contributed by atoms with Gasteiger partial charge in [-0.3, -0.25) is 4.79 Å². The van der Waals surface area contributed by atoms with E-state index in [1.165, 1.54) is 12.8 Å². The number of pyridine rings is 1. The molecule has 1 saturated heterocycles. The third-order valence-corrected chi connectivity index (χ3v) is 4.72. The number of hydrogen-bond donors (Lipinski definition) is 0. The zero-order valence-corrected chi connectivity index (χ0v) is 12.8. The molecular formula is C13H17BrN2OS. The summed E-state index contributed by atoms with van der Waals surface area (Å²) in [6, 6.07) is 3.65. The van der Waals surface area contributed by atoms with E-state index in [0.717, 1.165) is 24.0 Å². The zero-order valence-electron chi connectivity index (χ0n) is 10.4. The van der Waals surface area contributed by atoms with Gasteiger partial charge in [0.25, 0.3) is 5.91 Å². The first-order valence-corrected chi connectivity index (χ1v) is 8.22. The van der Waals surface area contributed by atoms with E-state index in [1.807, 2.05) is 22.7 Å². The predicted octanol–water partition coefficient (Wildman–Crippen LogP) is 3.20. The Kier molecular flexibility index (Phi) is 5.06. The fourth-order valence-electron chi connectivity index (χ4n) is 2.14. The molecule has 98 valence electrons. The topological polar surface area (TPSA) is 33.2 Å². The Morgan fingerprint density at radius 1 is 1.50 bits per heavy atom. The van der Waals surface area contributed by atoms with Gasteiger partial charge in [0.05, 0.1) is 0 Å². The highest BCUT2D eigenvalue weighted by Gasteiger charge is 2.22.